The third-order valence-corrected chi connectivity index (χ3v) is 5.20. The average Bonchev–Trinajstić information content (AvgIpc) is 2.74. The lowest BCUT2D eigenvalue weighted by Crippen LogP contribution is -2.40. The molecule has 30 heavy (non-hydrogen) atoms. The molecule has 2 aromatic carbocycles. The van der Waals surface area contributed by atoms with E-state index in [1.807, 2.05) is 4.90 Å². The Kier molecular flexibility index (Phi) is 6.70. The second kappa shape index (κ2) is 9.24. The minimum absolute atomic E-state index is 0.133. The molecule has 0 bridgehead atoms. The number of nitrogens with zero attached hydrogens (tertiary/aromatic N) is 3. The monoisotopic (exact) mass is 495 g/mol. The van der Waals surface area contributed by atoms with Crippen molar-refractivity contribution in [3.63, 3.8) is 0 Å². The molecule has 0 spiro atoms. The normalized spacial score (nSPS) is 13.6. The first-order valence-electron chi connectivity index (χ1n) is 8.59. The number of nitro groups is 2. The molecule has 1 heterocycles. The molecule has 0 saturated carbocycles. The van der Waals surface area contributed by atoms with E-state index in [-0.39, 0.29) is 11.3 Å². The Hall–Kier alpha value is -2.96. The van der Waals surface area contributed by atoms with Crippen molar-refractivity contribution in [1.29, 1.82) is 0 Å². The molecule has 156 valence electrons. The van der Waals surface area contributed by atoms with Crippen LogP contribution >= 0.6 is 28.1 Å². The third-order valence-electron chi connectivity index (χ3n) is 4.23. The Morgan fingerprint density at radius 3 is 2.23 bits per heavy atom. The van der Waals surface area contributed by atoms with Crippen molar-refractivity contribution < 1.29 is 24.1 Å². The summed E-state index contributed by atoms with van der Waals surface area (Å²) in [7, 11) is 0. The molecule has 0 aliphatic carbocycles. The lowest BCUT2D eigenvalue weighted by molar-refractivity contribution is -0.394. The van der Waals surface area contributed by atoms with Gasteiger partial charge in [0.1, 0.15) is 10.7 Å². The summed E-state index contributed by atoms with van der Waals surface area (Å²) in [5.74, 6) is -0.844. The molecule has 10 nitrogen and oxygen atoms in total. The number of benzene rings is 2. The van der Waals surface area contributed by atoms with Gasteiger partial charge < -0.3 is 14.4 Å². The number of nitro benzene ring substituents is 2. The maximum atomic E-state index is 12.6. The van der Waals surface area contributed by atoms with Crippen LogP contribution in [0.5, 0.6) is 5.75 Å². The summed E-state index contributed by atoms with van der Waals surface area (Å²) < 4.78 is 11.4. The molecular formula is C18H14BrN3O7S. The molecule has 0 radical (unpaired) electrons. The smallest absolute Gasteiger partial charge is 0.344 e. The van der Waals surface area contributed by atoms with Gasteiger partial charge in [-0.05, 0) is 18.2 Å². The predicted molar refractivity (Wildman–Crippen MR) is 113 cm³/mol. The summed E-state index contributed by atoms with van der Waals surface area (Å²) in [5, 5.41) is 22.1. The number of halogens is 1. The van der Waals surface area contributed by atoms with Crippen LogP contribution in [0.25, 0.3) is 0 Å². The zero-order chi connectivity index (χ0) is 21.8. The first-order chi connectivity index (χ1) is 14.3. The zero-order valence-electron chi connectivity index (χ0n) is 15.3. The van der Waals surface area contributed by atoms with Crippen LogP contribution in [0.1, 0.15) is 15.9 Å². The van der Waals surface area contributed by atoms with Crippen molar-refractivity contribution in [2.75, 3.05) is 26.3 Å². The number of morpholine rings is 1. The second-order valence-electron chi connectivity index (χ2n) is 6.19. The van der Waals surface area contributed by atoms with Crippen LogP contribution < -0.4 is 4.74 Å². The summed E-state index contributed by atoms with van der Waals surface area (Å²) in [6, 6.07) is 7.48. The molecule has 3 rings (SSSR count). The van der Waals surface area contributed by atoms with Crippen LogP contribution in [0.4, 0.5) is 11.4 Å². The third kappa shape index (κ3) is 4.96. The average molecular weight is 496 g/mol. The molecule has 0 aromatic heterocycles. The second-order valence-corrected chi connectivity index (χ2v) is 7.49. The summed E-state index contributed by atoms with van der Waals surface area (Å²) >= 11 is 8.90. The van der Waals surface area contributed by atoms with Crippen molar-refractivity contribution in [1.82, 2.24) is 4.90 Å². The number of carbonyl (C=O) groups excluding carboxylic acids is 1. The summed E-state index contributed by atoms with van der Waals surface area (Å²) in [5.41, 5.74) is -1.02. The van der Waals surface area contributed by atoms with E-state index in [4.69, 9.17) is 21.7 Å². The fraction of sp³-hybridized carbons (Fsp3) is 0.222. The Bertz CT molecular complexity index is 1010. The van der Waals surface area contributed by atoms with Crippen molar-refractivity contribution >= 4 is 50.5 Å². The van der Waals surface area contributed by atoms with Gasteiger partial charge in [0.15, 0.2) is 0 Å². The standard InChI is InChI=1S/C18H14BrN3O7S/c19-12-1-2-16(15(9-12)17(30)20-3-5-28-6-4-20)29-18(23)11-7-13(21(24)25)10-14(8-11)22(26)27/h1-2,7-10H,3-6H2. The summed E-state index contributed by atoms with van der Waals surface area (Å²) in [4.78, 5) is 35.5. The Morgan fingerprint density at radius 1 is 1.07 bits per heavy atom. The molecule has 1 saturated heterocycles. The Balaban J connectivity index is 1.93. The topological polar surface area (TPSA) is 125 Å². The van der Waals surface area contributed by atoms with Gasteiger partial charge >= 0.3 is 5.97 Å². The van der Waals surface area contributed by atoms with Crippen molar-refractivity contribution in [3.8, 4) is 5.75 Å². The number of hydrogen-bond acceptors (Lipinski definition) is 8. The maximum Gasteiger partial charge on any atom is 0.344 e. The molecule has 0 N–H and O–H groups in total. The molecule has 12 heteroatoms. The van der Waals surface area contributed by atoms with Crippen LogP contribution in [0.2, 0.25) is 0 Å². The first-order valence-corrected chi connectivity index (χ1v) is 9.79. The molecule has 0 unspecified atom stereocenters. The van der Waals surface area contributed by atoms with Crippen LogP contribution in [-0.2, 0) is 4.74 Å². The quantitative estimate of drug-likeness (QED) is 0.201. The molecule has 2 aromatic rings. The molecule has 1 aliphatic rings. The molecule has 0 amide bonds. The molecule has 0 atom stereocenters. The predicted octanol–water partition coefficient (Wildman–Crippen LogP) is 3.49. The van der Waals surface area contributed by atoms with Crippen molar-refractivity contribution in [2.24, 2.45) is 0 Å². The van der Waals surface area contributed by atoms with Crippen LogP contribution in [0.3, 0.4) is 0 Å². The summed E-state index contributed by atoms with van der Waals surface area (Å²) in [6.45, 7) is 2.19. The summed E-state index contributed by atoms with van der Waals surface area (Å²) in [6.07, 6.45) is 0. The van der Waals surface area contributed by atoms with Gasteiger partial charge in [0.2, 0.25) is 0 Å². The van der Waals surface area contributed by atoms with Crippen molar-refractivity contribution in [3.05, 3.63) is 72.2 Å². The highest BCUT2D eigenvalue weighted by molar-refractivity contribution is 9.10. The Morgan fingerprint density at radius 2 is 1.67 bits per heavy atom. The fourth-order valence-corrected chi connectivity index (χ4v) is 3.48. The number of non-ortho nitro benzene ring substituents is 2. The Labute approximate surface area is 183 Å². The number of hydrogen-bond donors (Lipinski definition) is 0. The van der Waals surface area contributed by atoms with Crippen LogP contribution in [0, 0.1) is 20.2 Å². The lowest BCUT2D eigenvalue weighted by Gasteiger charge is -2.29. The fourth-order valence-electron chi connectivity index (χ4n) is 2.78. The van der Waals surface area contributed by atoms with Crippen LogP contribution in [-0.4, -0.2) is 52.0 Å². The van der Waals surface area contributed by atoms with E-state index >= 15 is 0 Å². The van der Waals surface area contributed by atoms with E-state index in [0.717, 1.165) is 18.2 Å². The highest BCUT2D eigenvalue weighted by atomic mass is 79.9. The minimum atomic E-state index is -0.977. The SMILES string of the molecule is O=C(Oc1ccc(Br)cc1C(=S)N1CCOCC1)c1cc([N+](=O)[O-])cc([N+](=O)[O-])c1. The van der Waals surface area contributed by atoms with Gasteiger partial charge in [0, 0.05) is 29.7 Å². The number of thiocarbonyl (C=S) groups is 1. The van der Waals surface area contributed by atoms with Gasteiger partial charge in [0.05, 0.1) is 40.3 Å². The van der Waals surface area contributed by atoms with Gasteiger partial charge in [0.25, 0.3) is 11.4 Å². The number of ether oxygens (including phenoxy) is 2. The lowest BCUT2D eigenvalue weighted by atomic mass is 10.1. The van der Waals surface area contributed by atoms with E-state index in [1.54, 1.807) is 12.1 Å². The van der Waals surface area contributed by atoms with Gasteiger partial charge in [-0.2, -0.15) is 0 Å². The van der Waals surface area contributed by atoms with E-state index in [1.165, 1.54) is 6.07 Å². The first kappa shape index (κ1) is 21.7. The zero-order valence-corrected chi connectivity index (χ0v) is 17.7. The minimum Gasteiger partial charge on any atom is -0.422 e. The van der Waals surface area contributed by atoms with E-state index in [2.05, 4.69) is 15.9 Å². The van der Waals surface area contributed by atoms with Crippen molar-refractivity contribution in [2.45, 2.75) is 0 Å². The van der Waals surface area contributed by atoms with Gasteiger partial charge in [-0.1, -0.05) is 28.1 Å². The van der Waals surface area contributed by atoms with Crippen LogP contribution in [0.15, 0.2) is 40.9 Å². The highest BCUT2D eigenvalue weighted by Crippen LogP contribution is 2.28. The van der Waals surface area contributed by atoms with E-state index in [9.17, 15) is 25.0 Å². The molecule has 1 fully saturated rings. The molecular weight excluding hydrogens is 482 g/mol. The van der Waals surface area contributed by atoms with Gasteiger partial charge in [-0.3, -0.25) is 20.2 Å². The van der Waals surface area contributed by atoms with E-state index < -0.39 is 27.2 Å². The van der Waals surface area contributed by atoms with Gasteiger partial charge in [-0.25, -0.2) is 4.79 Å². The molecule has 1 aliphatic heterocycles. The van der Waals surface area contributed by atoms with Gasteiger partial charge in [-0.15, -0.1) is 0 Å². The number of rotatable bonds is 5. The maximum absolute atomic E-state index is 12.6. The number of carbonyl (C=O) groups is 1. The number of esters is 1. The van der Waals surface area contributed by atoms with E-state index in [0.29, 0.717) is 41.3 Å². The highest BCUT2D eigenvalue weighted by Gasteiger charge is 2.24. The largest absolute Gasteiger partial charge is 0.422 e.